The zero-order valence-corrected chi connectivity index (χ0v) is 10.1. The number of rotatable bonds is 2. The Morgan fingerprint density at radius 3 is 2.71 bits per heavy atom. The summed E-state index contributed by atoms with van der Waals surface area (Å²) in [4.78, 5) is 0. The fourth-order valence-corrected chi connectivity index (χ4v) is 3.17. The highest BCUT2D eigenvalue weighted by molar-refractivity contribution is 7.85. The molecule has 5 heteroatoms. The second kappa shape index (κ2) is 5.28. The van der Waals surface area contributed by atoms with Crippen LogP contribution < -0.4 is 5.32 Å². The number of nitrogens with zero attached hydrogens (tertiary/aromatic N) is 1. The number of anilines is 1. The van der Waals surface area contributed by atoms with E-state index in [9.17, 15) is 8.60 Å². The van der Waals surface area contributed by atoms with Gasteiger partial charge >= 0.3 is 0 Å². The van der Waals surface area contributed by atoms with E-state index in [0.29, 0.717) is 17.2 Å². The van der Waals surface area contributed by atoms with E-state index in [2.05, 4.69) is 5.32 Å². The van der Waals surface area contributed by atoms with E-state index >= 15 is 0 Å². The topological polar surface area (TPSA) is 52.9 Å². The lowest BCUT2D eigenvalue weighted by Gasteiger charge is -2.23. The first-order chi connectivity index (χ1) is 8.19. The van der Waals surface area contributed by atoms with E-state index < -0.39 is 16.6 Å². The zero-order chi connectivity index (χ0) is 12.3. The summed E-state index contributed by atoms with van der Waals surface area (Å²) in [6, 6.07) is 6.55. The van der Waals surface area contributed by atoms with Gasteiger partial charge < -0.3 is 5.32 Å². The Morgan fingerprint density at radius 1 is 1.41 bits per heavy atom. The molecule has 0 amide bonds. The van der Waals surface area contributed by atoms with Crippen molar-refractivity contribution in [3.05, 3.63) is 29.6 Å². The van der Waals surface area contributed by atoms with Crippen LogP contribution in [0.3, 0.4) is 0 Å². The molecule has 1 fully saturated rings. The predicted molar refractivity (Wildman–Crippen MR) is 65.6 cm³/mol. The van der Waals surface area contributed by atoms with Gasteiger partial charge in [0.25, 0.3) is 0 Å². The molecule has 0 bridgehead atoms. The van der Waals surface area contributed by atoms with E-state index in [1.807, 2.05) is 0 Å². The molecule has 1 aliphatic rings. The normalized spacial score (nSPS) is 24.0. The fourth-order valence-electron chi connectivity index (χ4n) is 1.87. The van der Waals surface area contributed by atoms with Crippen LogP contribution in [0.25, 0.3) is 0 Å². The third-order valence-electron chi connectivity index (χ3n) is 2.85. The molecule has 1 N–H and O–H groups in total. The van der Waals surface area contributed by atoms with Crippen LogP contribution in [0.1, 0.15) is 18.4 Å². The molecule has 3 nitrogen and oxygen atoms in total. The molecular weight excluding hydrogens is 239 g/mol. The van der Waals surface area contributed by atoms with Crippen molar-refractivity contribution >= 4 is 16.5 Å². The highest BCUT2D eigenvalue weighted by Crippen LogP contribution is 2.18. The van der Waals surface area contributed by atoms with Crippen molar-refractivity contribution in [1.82, 2.24) is 0 Å². The standard InChI is InChI=1S/C12H13FN2OS/c13-12-7-11(2-1-9(12)8-14)15-10-3-5-17(16)6-4-10/h1-2,7,10,15H,3-6H2. The lowest BCUT2D eigenvalue weighted by atomic mass is 10.1. The van der Waals surface area contributed by atoms with Crippen molar-refractivity contribution in [1.29, 1.82) is 5.26 Å². The summed E-state index contributed by atoms with van der Waals surface area (Å²) < 4.78 is 24.5. The van der Waals surface area contributed by atoms with Crippen molar-refractivity contribution < 1.29 is 8.60 Å². The van der Waals surface area contributed by atoms with E-state index in [4.69, 9.17) is 5.26 Å². The maximum absolute atomic E-state index is 13.4. The molecular formula is C12H13FN2OS. The lowest BCUT2D eigenvalue weighted by molar-refractivity contribution is 0.615. The van der Waals surface area contributed by atoms with Crippen LogP contribution in [-0.4, -0.2) is 21.8 Å². The van der Waals surface area contributed by atoms with Crippen LogP contribution in [0.2, 0.25) is 0 Å². The summed E-state index contributed by atoms with van der Waals surface area (Å²) in [5.74, 6) is 0.907. The molecule has 0 unspecified atom stereocenters. The minimum atomic E-state index is -0.686. The SMILES string of the molecule is N#Cc1ccc(NC2CCS(=O)CC2)cc1F. The molecule has 1 aromatic rings. The van der Waals surface area contributed by atoms with E-state index in [1.54, 1.807) is 12.1 Å². The van der Waals surface area contributed by atoms with Gasteiger partial charge in [0.1, 0.15) is 11.9 Å². The molecule has 2 rings (SSSR count). The van der Waals surface area contributed by atoms with Gasteiger partial charge in [0.05, 0.1) is 5.56 Å². The number of nitrogens with one attached hydrogen (secondary N) is 1. The van der Waals surface area contributed by atoms with E-state index in [0.717, 1.165) is 12.8 Å². The Labute approximate surface area is 102 Å². The van der Waals surface area contributed by atoms with E-state index in [1.165, 1.54) is 12.1 Å². The third-order valence-corrected chi connectivity index (χ3v) is 4.23. The average molecular weight is 252 g/mol. The molecule has 0 spiro atoms. The van der Waals surface area contributed by atoms with E-state index in [-0.39, 0.29) is 11.6 Å². The molecule has 1 saturated heterocycles. The summed E-state index contributed by atoms with van der Waals surface area (Å²) >= 11 is 0. The number of nitriles is 1. The second-order valence-corrected chi connectivity index (χ2v) is 5.77. The average Bonchev–Trinajstić information content (AvgIpc) is 2.32. The first kappa shape index (κ1) is 12.1. The van der Waals surface area contributed by atoms with Gasteiger partial charge in [-0.05, 0) is 31.0 Å². The molecule has 0 saturated carbocycles. The summed E-state index contributed by atoms with van der Waals surface area (Å²) in [5.41, 5.74) is 0.736. The van der Waals surface area contributed by atoms with Crippen LogP contribution in [0.5, 0.6) is 0 Å². The third kappa shape index (κ3) is 3.04. The Morgan fingerprint density at radius 2 is 2.12 bits per heavy atom. The molecule has 90 valence electrons. The van der Waals surface area contributed by atoms with Gasteiger partial charge in [-0.1, -0.05) is 0 Å². The van der Waals surface area contributed by atoms with Gasteiger partial charge in [-0.2, -0.15) is 5.26 Å². The van der Waals surface area contributed by atoms with Gasteiger partial charge in [-0.25, -0.2) is 4.39 Å². The number of hydrogen-bond donors (Lipinski definition) is 1. The highest BCUT2D eigenvalue weighted by atomic mass is 32.2. The highest BCUT2D eigenvalue weighted by Gasteiger charge is 2.17. The Bertz CT molecular complexity index is 474. The number of benzene rings is 1. The van der Waals surface area contributed by atoms with Crippen LogP contribution in [0.15, 0.2) is 18.2 Å². The second-order valence-electron chi connectivity index (χ2n) is 4.07. The number of hydrogen-bond acceptors (Lipinski definition) is 3. The molecule has 0 aromatic heterocycles. The quantitative estimate of drug-likeness (QED) is 0.876. The molecule has 0 atom stereocenters. The monoisotopic (exact) mass is 252 g/mol. The molecule has 1 aliphatic heterocycles. The van der Waals surface area contributed by atoms with Crippen molar-refractivity contribution in [2.75, 3.05) is 16.8 Å². The van der Waals surface area contributed by atoms with Crippen molar-refractivity contribution in [3.8, 4) is 6.07 Å². The van der Waals surface area contributed by atoms with Gasteiger partial charge in [0, 0.05) is 34.0 Å². The van der Waals surface area contributed by atoms with Gasteiger partial charge in [0.2, 0.25) is 0 Å². The smallest absolute Gasteiger partial charge is 0.143 e. The first-order valence-electron chi connectivity index (χ1n) is 5.50. The summed E-state index contributed by atoms with van der Waals surface area (Å²) in [5, 5.41) is 11.8. The first-order valence-corrected chi connectivity index (χ1v) is 6.99. The Balaban J connectivity index is 2.02. The maximum atomic E-state index is 13.4. The zero-order valence-electron chi connectivity index (χ0n) is 9.28. The van der Waals surface area contributed by atoms with Crippen LogP contribution in [0, 0.1) is 17.1 Å². The molecule has 17 heavy (non-hydrogen) atoms. The van der Waals surface area contributed by atoms with Gasteiger partial charge in [-0.3, -0.25) is 4.21 Å². The Kier molecular flexibility index (Phi) is 3.75. The summed E-state index contributed by atoms with van der Waals surface area (Å²) in [7, 11) is -0.686. The van der Waals surface area contributed by atoms with Crippen LogP contribution in [0.4, 0.5) is 10.1 Å². The summed E-state index contributed by atoms with van der Waals surface area (Å²) in [6.45, 7) is 0. The number of halogens is 1. The van der Waals surface area contributed by atoms with Gasteiger partial charge in [-0.15, -0.1) is 0 Å². The molecule has 1 heterocycles. The van der Waals surface area contributed by atoms with Crippen LogP contribution in [-0.2, 0) is 10.8 Å². The maximum Gasteiger partial charge on any atom is 0.143 e. The minimum Gasteiger partial charge on any atom is -0.382 e. The van der Waals surface area contributed by atoms with Crippen molar-refractivity contribution in [2.24, 2.45) is 0 Å². The molecule has 0 aliphatic carbocycles. The fraction of sp³-hybridized carbons (Fsp3) is 0.417. The Hall–Kier alpha value is -1.41. The summed E-state index contributed by atoms with van der Waals surface area (Å²) in [6.07, 6.45) is 1.68. The predicted octanol–water partition coefficient (Wildman–Crippen LogP) is 2.02. The minimum absolute atomic E-state index is 0.0558. The van der Waals surface area contributed by atoms with Crippen molar-refractivity contribution in [3.63, 3.8) is 0 Å². The largest absolute Gasteiger partial charge is 0.382 e. The van der Waals surface area contributed by atoms with Gasteiger partial charge in [0.15, 0.2) is 0 Å². The molecule has 1 aromatic carbocycles. The van der Waals surface area contributed by atoms with Crippen LogP contribution >= 0.6 is 0 Å². The lowest BCUT2D eigenvalue weighted by Crippen LogP contribution is -2.29. The van der Waals surface area contributed by atoms with Crippen molar-refractivity contribution in [2.45, 2.75) is 18.9 Å². The molecule has 0 radical (unpaired) electrons.